The van der Waals surface area contributed by atoms with Crippen LogP contribution in [0.4, 0.5) is 18.9 Å². The third-order valence-corrected chi connectivity index (χ3v) is 3.31. The number of halogens is 4. The van der Waals surface area contributed by atoms with Crippen molar-refractivity contribution in [3.8, 4) is 6.01 Å². The molecule has 0 saturated heterocycles. The highest BCUT2D eigenvalue weighted by Crippen LogP contribution is 2.31. The lowest BCUT2D eigenvalue weighted by Gasteiger charge is -2.11. The Morgan fingerprint density at radius 2 is 2.04 bits per heavy atom. The highest BCUT2D eigenvalue weighted by atomic mass is 79.9. The van der Waals surface area contributed by atoms with Crippen molar-refractivity contribution in [1.82, 2.24) is 9.97 Å². The van der Waals surface area contributed by atoms with Gasteiger partial charge in [-0.05, 0) is 34.1 Å². The minimum atomic E-state index is -3.32. The minimum absolute atomic E-state index is 0.0837. The van der Waals surface area contributed by atoms with Gasteiger partial charge >= 0.3 is 6.01 Å². The van der Waals surface area contributed by atoms with E-state index in [1.807, 2.05) is 0 Å². The molecule has 25 heavy (non-hydrogen) atoms. The number of nitrogens with zero attached hydrogens (tertiary/aromatic N) is 4. The minimum Gasteiger partial charge on any atom is -0.457 e. The van der Waals surface area contributed by atoms with E-state index in [0.29, 0.717) is 11.4 Å². The molecule has 2 aromatic rings. The van der Waals surface area contributed by atoms with E-state index in [1.165, 1.54) is 24.7 Å². The summed E-state index contributed by atoms with van der Waals surface area (Å²) in [6.45, 7) is 0.525. The molecule has 6 nitrogen and oxygen atoms in total. The summed E-state index contributed by atoms with van der Waals surface area (Å²) in [6.07, 6.45) is 4.23. The van der Waals surface area contributed by atoms with Crippen LogP contribution in [0.1, 0.15) is 12.5 Å². The van der Waals surface area contributed by atoms with Gasteiger partial charge in [-0.1, -0.05) is 0 Å². The van der Waals surface area contributed by atoms with Crippen LogP contribution in [0.5, 0.6) is 6.01 Å². The topological polar surface area (TPSA) is 85.8 Å². The van der Waals surface area contributed by atoms with E-state index >= 15 is 0 Å². The van der Waals surface area contributed by atoms with Crippen molar-refractivity contribution in [2.75, 3.05) is 6.61 Å². The number of alkyl halides is 2. The van der Waals surface area contributed by atoms with Gasteiger partial charge in [0.1, 0.15) is 18.1 Å². The maximum absolute atomic E-state index is 13.5. The van der Waals surface area contributed by atoms with Crippen molar-refractivity contribution in [2.45, 2.75) is 12.8 Å². The van der Waals surface area contributed by atoms with E-state index in [9.17, 15) is 13.2 Å². The van der Waals surface area contributed by atoms with Gasteiger partial charge in [0.25, 0.3) is 5.92 Å². The first-order valence-electron chi connectivity index (χ1n) is 6.88. The largest absolute Gasteiger partial charge is 0.457 e. The summed E-state index contributed by atoms with van der Waals surface area (Å²) in [5, 5.41) is 3.48. The average Bonchev–Trinajstić information content (AvgIpc) is 2.57. The van der Waals surface area contributed by atoms with Crippen molar-refractivity contribution >= 4 is 33.5 Å². The van der Waals surface area contributed by atoms with Gasteiger partial charge in [-0.3, -0.25) is 4.99 Å². The molecule has 10 heteroatoms. The van der Waals surface area contributed by atoms with E-state index in [-0.39, 0.29) is 24.0 Å². The first kappa shape index (κ1) is 18.8. The van der Waals surface area contributed by atoms with E-state index in [1.54, 1.807) is 0 Å². The molecule has 0 aliphatic carbocycles. The second kappa shape index (κ2) is 8.06. The molecule has 0 bridgehead atoms. The summed E-state index contributed by atoms with van der Waals surface area (Å²) in [5.74, 6) is 0.915. The van der Waals surface area contributed by atoms with E-state index in [2.05, 4.69) is 36.0 Å². The van der Waals surface area contributed by atoms with E-state index < -0.39 is 17.3 Å². The van der Waals surface area contributed by atoms with Crippen LogP contribution in [-0.4, -0.2) is 28.5 Å². The van der Waals surface area contributed by atoms with Gasteiger partial charge in [-0.2, -0.15) is 5.10 Å². The van der Waals surface area contributed by atoms with Gasteiger partial charge in [0.15, 0.2) is 0 Å². The van der Waals surface area contributed by atoms with Crippen LogP contribution in [0.25, 0.3) is 0 Å². The lowest BCUT2D eigenvalue weighted by Crippen LogP contribution is -2.16. The molecule has 0 aliphatic rings. The van der Waals surface area contributed by atoms with Crippen molar-refractivity contribution in [2.24, 2.45) is 15.9 Å². The van der Waals surface area contributed by atoms with Crippen LogP contribution in [-0.2, 0) is 5.92 Å². The van der Waals surface area contributed by atoms with Crippen LogP contribution >= 0.6 is 15.9 Å². The highest BCUT2D eigenvalue weighted by Gasteiger charge is 2.28. The molecule has 132 valence electrons. The molecular weight excluding hydrogens is 403 g/mol. The Labute approximate surface area is 149 Å². The molecule has 0 radical (unpaired) electrons. The van der Waals surface area contributed by atoms with Crippen LogP contribution in [0, 0.1) is 5.82 Å². The van der Waals surface area contributed by atoms with Crippen LogP contribution in [0.15, 0.2) is 45.2 Å². The smallest absolute Gasteiger partial charge is 0.316 e. The molecule has 0 aliphatic heterocycles. The molecule has 2 N–H and O–H groups in total. The molecule has 0 unspecified atom stereocenters. The summed E-state index contributed by atoms with van der Waals surface area (Å²) in [6, 6.07) is 3.24. The van der Waals surface area contributed by atoms with E-state index in [0.717, 1.165) is 12.1 Å². The first-order chi connectivity index (χ1) is 11.8. The molecule has 1 aromatic heterocycles. The molecule has 0 amide bonds. The monoisotopic (exact) mass is 415 g/mol. The number of hydrazone groups is 1. The predicted molar refractivity (Wildman–Crippen MR) is 91.0 cm³/mol. The predicted octanol–water partition coefficient (Wildman–Crippen LogP) is 3.59. The number of hydrogen-bond acceptors (Lipinski definition) is 6. The fraction of sp³-hybridized carbons (Fsp3) is 0.200. The summed E-state index contributed by atoms with van der Waals surface area (Å²) >= 11 is 3.19. The van der Waals surface area contributed by atoms with Gasteiger partial charge in [0, 0.05) is 19.3 Å². The Morgan fingerprint density at radius 3 is 2.64 bits per heavy atom. The number of hydrogen-bond donors (Lipinski definition) is 1. The maximum atomic E-state index is 13.5. The van der Waals surface area contributed by atoms with Crippen molar-refractivity contribution in [1.29, 1.82) is 0 Å². The second-order valence-corrected chi connectivity index (χ2v) is 5.82. The molecule has 1 aromatic carbocycles. The van der Waals surface area contributed by atoms with Crippen molar-refractivity contribution in [3.63, 3.8) is 0 Å². The molecule has 0 atom stereocenters. The zero-order chi connectivity index (χ0) is 18.4. The first-order valence-corrected chi connectivity index (χ1v) is 7.68. The average molecular weight is 416 g/mol. The number of rotatable bonds is 6. The van der Waals surface area contributed by atoms with Crippen LogP contribution < -0.4 is 10.6 Å². The Kier molecular flexibility index (Phi) is 6.07. The third kappa shape index (κ3) is 5.52. The Balaban J connectivity index is 2.07. The number of ether oxygens (including phenoxy) is 1. The Hall–Kier alpha value is -2.49. The second-order valence-electron chi connectivity index (χ2n) is 4.90. The fourth-order valence-electron chi connectivity index (χ4n) is 1.70. The number of aromatic nitrogens is 2. The Morgan fingerprint density at radius 1 is 1.36 bits per heavy atom. The van der Waals surface area contributed by atoms with Gasteiger partial charge in [-0.15, -0.1) is 0 Å². The number of aliphatic imine (C=N–C) groups is 1. The molecular formula is C15H13BrF3N5O. The van der Waals surface area contributed by atoms with Crippen LogP contribution in [0.2, 0.25) is 0 Å². The van der Waals surface area contributed by atoms with Crippen molar-refractivity contribution < 1.29 is 17.9 Å². The van der Waals surface area contributed by atoms with Crippen molar-refractivity contribution in [3.05, 3.63) is 46.4 Å². The molecule has 0 saturated carbocycles. The van der Waals surface area contributed by atoms with Gasteiger partial charge in [0.05, 0.1) is 21.9 Å². The number of benzene rings is 1. The quantitative estimate of drug-likeness (QED) is 0.443. The molecule has 1 heterocycles. The third-order valence-electron chi connectivity index (χ3n) is 2.90. The summed E-state index contributed by atoms with van der Waals surface area (Å²) in [5.41, 5.74) is -0.410. The van der Waals surface area contributed by atoms with Crippen LogP contribution in [0.3, 0.4) is 0 Å². The number of nitrogens with two attached hydrogens (primary N) is 1. The summed E-state index contributed by atoms with van der Waals surface area (Å²) < 4.78 is 46.1. The summed E-state index contributed by atoms with van der Waals surface area (Å²) in [4.78, 5) is 11.8. The van der Waals surface area contributed by atoms with E-state index in [4.69, 9.17) is 10.6 Å². The SMILES string of the molecule is CC(F)(F)c1cc(N=CC(COc2ncc(Br)cn2)=NN)ccc1F. The van der Waals surface area contributed by atoms with Gasteiger partial charge in [-0.25, -0.2) is 23.1 Å². The molecule has 2 rings (SSSR count). The standard InChI is InChI=1S/C15H13BrF3N5O/c1-15(18,19)12-4-10(2-3-13(12)17)21-7-11(24-20)8-25-14-22-5-9(16)6-23-14/h2-7H,8,20H2,1H3. The molecule has 0 spiro atoms. The zero-order valence-corrected chi connectivity index (χ0v) is 14.5. The normalized spacial score (nSPS) is 12.6. The lowest BCUT2D eigenvalue weighted by atomic mass is 10.1. The summed E-state index contributed by atoms with van der Waals surface area (Å²) in [7, 11) is 0. The van der Waals surface area contributed by atoms with Gasteiger partial charge < -0.3 is 10.6 Å². The van der Waals surface area contributed by atoms with Gasteiger partial charge in [0.2, 0.25) is 0 Å². The lowest BCUT2D eigenvalue weighted by molar-refractivity contribution is 0.0138. The Bertz CT molecular complexity index is 791. The fourth-order valence-corrected chi connectivity index (χ4v) is 1.91. The maximum Gasteiger partial charge on any atom is 0.316 e. The zero-order valence-electron chi connectivity index (χ0n) is 13.0. The highest BCUT2D eigenvalue weighted by molar-refractivity contribution is 9.10. The molecule has 0 fully saturated rings.